The fraction of sp³-hybridized carbons (Fsp3) is 0. The van der Waals surface area contributed by atoms with E-state index >= 15 is 0 Å². The topological polar surface area (TPSA) is 43.1 Å². The lowest BCUT2D eigenvalue weighted by Crippen LogP contribution is -1.87. The molecule has 0 atom stereocenters. The van der Waals surface area contributed by atoms with Crippen LogP contribution in [0.4, 0.5) is 0 Å². The monoisotopic (exact) mass is 202 g/mol. The molecule has 68 valence electrons. The zero-order valence-electron chi connectivity index (χ0n) is 7.16. The highest BCUT2D eigenvalue weighted by Gasteiger charge is 2.04. The lowest BCUT2D eigenvalue weighted by Gasteiger charge is -1.84. The van der Waals surface area contributed by atoms with Gasteiger partial charge in [0.2, 0.25) is 0 Å². The van der Waals surface area contributed by atoms with E-state index in [1.807, 2.05) is 34.3 Å². The van der Waals surface area contributed by atoms with E-state index in [4.69, 9.17) is 0 Å². The molecule has 3 heterocycles. The SMILES string of the molecule is c1csc(-c2cn3ccnnc3n2)c1. The third kappa shape index (κ3) is 1.10. The van der Waals surface area contributed by atoms with E-state index in [0.717, 1.165) is 10.6 Å². The number of nitrogens with zero attached hydrogens (tertiary/aromatic N) is 4. The molecule has 14 heavy (non-hydrogen) atoms. The van der Waals surface area contributed by atoms with E-state index in [1.54, 1.807) is 17.5 Å². The molecule has 0 aliphatic heterocycles. The summed E-state index contributed by atoms with van der Waals surface area (Å²) in [5.41, 5.74) is 0.945. The summed E-state index contributed by atoms with van der Waals surface area (Å²) in [7, 11) is 0. The Kier molecular flexibility index (Phi) is 1.57. The second-order valence-corrected chi connectivity index (χ2v) is 3.77. The van der Waals surface area contributed by atoms with Gasteiger partial charge in [-0.2, -0.15) is 5.10 Å². The molecule has 5 heteroatoms. The maximum Gasteiger partial charge on any atom is 0.254 e. The molecule has 0 amide bonds. The Morgan fingerprint density at radius 1 is 1.36 bits per heavy atom. The van der Waals surface area contributed by atoms with Gasteiger partial charge >= 0.3 is 0 Å². The predicted molar refractivity (Wildman–Crippen MR) is 54.1 cm³/mol. The van der Waals surface area contributed by atoms with Crippen molar-refractivity contribution in [2.45, 2.75) is 0 Å². The Balaban J connectivity index is 2.24. The third-order valence-corrected chi connectivity index (χ3v) is 2.82. The molecule has 3 rings (SSSR count). The molecule has 3 aromatic heterocycles. The van der Waals surface area contributed by atoms with Crippen LogP contribution in [0.1, 0.15) is 0 Å². The molecular weight excluding hydrogens is 196 g/mol. The standard InChI is InChI=1S/C9H6N4S/c1-2-8(14-5-1)7-6-13-4-3-10-12-9(13)11-7/h1-6H. The number of imidazole rings is 1. The first-order valence-electron chi connectivity index (χ1n) is 4.14. The molecule has 0 aliphatic rings. The van der Waals surface area contributed by atoms with Crippen LogP contribution in [0.3, 0.4) is 0 Å². The second kappa shape index (κ2) is 2.88. The fourth-order valence-electron chi connectivity index (χ4n) is 1.30. The molecule has 4 nitrogen and oxygen atoms in total. The summed E-state index contributed by atoms with van der Waals surface area (Å²) >= 11 is 1.67. The van der Waals surface area contributed by atoms with Gasteiger partial charge < -0.3 is 0 Å². The molecule has 0 fully saturated rings. The predicted octanol–water partition coefficient (Wildman–Crippen LogP) is 1.85. The smallest absolute Gasteiger partial charge is 0.254 e. The van der Waals surface area contributed by atoms with Gasteiger partial charge in [-0.15, -0.1) is 16.4 Å². The van der Waals surface area contributed by atoms with Crippen molar-refractivity contribution < 1.29 is 0 Å². The van der Waals surface area contributed by atoms with E-state index in [2.05, 4.69) is 15.2 Å². The summed E-state index contributed by atoms with van der Waals surface area (Å²) in [6.07, 6.45) is 5.44. The summed E-state index contributed by atoms with van der Waals surface area (Å²) in [6.45, 7) is 0. The Hall–Kier alpha value is -1.75. The highest BCUT2D eigenvalue weighted by Crippen LogP contribution is 2.22. The Labute approximate surface area is 83.9 Å². The van der Waals surface area contributed by atoms with Crippen LogP contribution < -0.4 is 0 Å². The fourth-order valence-corrected chi connectivity index (χ4v) is 1.98. The summed E-state index contributed by atoms with van der Waals surface area (Å²) in [5, 5.41) is 9.73. The molecule has 0 saturated carbocycles. The van der Waals surface area contributed by atoms with E-state index in [-0.39, 0.29) is 0 Å². The first-order chi connectivity index (χ1) is 6.93. The first kappa shape index (κ1) is 7.64. The zero-order valence-corrected chi connectivity index (χ0v) is 7.98. The van der Waals surface area contributed by atoms with Gasteiger partial charge in [0.15, 0.2) is 0 Å². The molecule has 0 aliphatic carbocycles. The average molecular weight is 202 g/mol. The minimum absolute atomic E-state index is 0.635. The van der Waals surface area contributed by atoms with Crippen LogP contribution in [0.2, 0.25) is 0 Å². The van der Waals surface area contributed by atoms with Crippen molar-refractivity contribution in [2.24, 2.45) is 0 Å². The van der Waals surface area contributed by atoms with Crippen molar-refractivity contribution in [3.63, 3.8) is 0 Å². The molecule has 0 unspecified atom stereocenters. The van der Waals surface area contributed by atoms with Crippen LogP contribution in [0.15, 0.2) is 36.1 Å². The van der Waals surface area contributed by atoms with Gasteiger partial charge in [-0.25, -0.2) is 4.98 Å². The first-order valence-corrected chi connectivity index (χ1v) is 5.02. The van der Waals surface area contributed by atoms with Crippen molar-refractivity contribution in [3.8, 4) is 10.6 Å². The Morgan fingerprint density at radius 3 is 3.14 bits per heavy atom. The number of rotatable bonds is 1. The summed E-state index contributed by atoms with van der Waals surface area (Å²) < 4.78 is 1.86. The van der Waals surface area contributed by atoms with Crippen molar-refractivity contribution in [2.75, 3.05) is 0 Å². The number of fused-ring (bicyclic) bond motifs is 1. The van der Waals surface area contributed by atoms with Gasteiger partial charge in [0, 0.05) is 12.4 Å². The highest BCUT2D eigenvalue weighted by atomic mass is 32.1. The van der Waals surface area contributed by atoms with Crippen LogP contribution in [-0.4, -0.2) is 19.6 Å². The quantitative estimate of drug-likeness (QED) is 0.604. The van der Waals surface area contributed by atoms with Gasteiger partial charge in [-0.3, -0.25) is 4.40 Å². The molecule has 0 bridgehead atoms. The zero-order chi connectivity index (χ0) is 9.38. The molecular formula is C9H6N4S. The van der Waals surface area contributed by atoms with Crippen LogP contribution in [0.5, 0.6) is 0 Å². The maximum absolute atomic E-state index is 4.35. The third-order valence-electron chi connectivity index (χ3n) is 1.93. The lowest BCUT2D eigenvalue weighted by atomic mass is 10.4. The van der Waals surface area contributed by atoms with Crippen molar-refractivity contribution in [3.05, 3.63) is 36.1 Å². The summed E-state index contributed by atoms with van der Waals surface area (Å²) in [5.74, 6) is 0.635. The van der Waals surface area contributed by atoms with E-state index in [0.29, 0.717) is 5.78 Å². The van der Waals surface area contributed by atoms with Gasteiger partial charge in [0.05, 0.1) is 11.1 Å². The number of thiophene rings is 1. The van der Waals surface area contributed by atoms with Crippen LogP contribution in [0, 0.1) is 0 Å². The molecule has 0 spiro atoms. The Morgan fingerprint density at radius 2 is 2.36 bits per heavy atom. The van der Waals surface area contributed by atoms with Crippen molar-refractivity contribution in [1.82, 2.24) is 19.6 Å². The van der Waals surface area contributed by atoms with Crippen LogP contribution >= 0.6 is 11.3 Å². The van der Waals surface area contributed by atoms with Gasteiger partial charge in [0.25, 0.3) is 5.78 Å². The average Bonchev–Trinajstić information content (AvgIpc) is 2.86. The maximum atomic E-state index is 4.35. The number of aromatic nitrogens is 4. The van der Waals surface area contributed by atoms with Crippen molar-refractivity contribution >= 4 is 17.1 Å². The summed E-state index contributed by atoms with van der Waals surface area (Å²) in [6, 6.07) is 4.05. The second-order valence-electron chi connectivity index (χ2n) is 2.82. The minimum Gasteiger partial charge on any atom is -0.288 e. The van der Waals surface area contributed by atoms with Crippen LogP contribution in [-0.2, 0) is 0 Å². The largest absolute Gasteiger partial charge is 0.288 e. The molecule has 0 radical (unpaired) electrons. The van der Waals surface area contributed by atoms with E-state index < -0.39 is 0 Å². The van der Waals surface area contributed by atoms with Gasteiger partial charge in [-0.05, 0) is 11.4 Å². The molecule has 0 saturated heterocycles. The molecule has 3 aromatic rings. The van der Waals surface area contributed by atoms with Crippen molar-refractivity contribution in [1.29, 1.82) is 0 Å². The minimum atomic E-state index is 0.635. The van der Waals surface area contributed by atoms with E-state index in [1.165, 1.54) is 0 Å². The van der Waals surface area contributed by atoms with Gasteiger partial charge in [0.1, 0.15) is 5.69 Å². The molecule has 0 aromatic carbocycles. The number of hydrogen-bond acceptors (Lipinski definition) is 4. The Bertz CT molecular complexity index is 522. The normalized spacial score (nSPS) is 10.9. The number of hydrogen-bond donors (Lipinski definition) is 0. The highest BCUT2D eigenvalue weighted by molar-refractivity contribution is 7.13. The van der Waals surface area contributed by atoms with E-state index in [9.17, 15) is 0 Å². The molecule has 0 N–H and O–H groups in total. The van der Waals surface area contributed by atoms with Crippen LogP contribution in [0.25, 0.3) is 16.3 Å². The van der Waals surface area contributed by atoms with Gasteiger partial charge in [-0.1, -0.05) is 6.07 Å². The lowest BCUT2D eigenvalue weighted by molar-refractivity contribution is 0.966. The summed E-state index contributed by atoms with van der Waals surface area (Å²) in [4.78, 5) is 5.50.